The van der Waals surface area contributed by atoms with Crippen molar-refractivity contribution in [3.05, 3.63) is 29.6 Å². The molecule has 1 amide bonds. The predicted molar refractivity (Wildman–Crippen MR) is 73.7 cm³/mol. The largest absolute Gasteiger partial charge is 0.348 e. The smallest absolute Gasteiger partial charge is 0.237 e. The first-order valence-electron chi connectivity index (χ1n) is 6.69. The van der Waals surface area contributed by atoms with E-state index in [-0.39, 0.29) is 11.9 Å². The highest BCUT2D eigenvalue weighted by atomic mass is 16.2. The highest BCUT2D eigenvalue weighted by molar-refractivity contribution is 5.82. The molecule has 0 bridgehead atoms. The molecule has 100 valence electrons. The number of nitrogens with one attached hydrogen (secondary N) is 3. The third kappa shape index (κ3) is 2.61. The van der Waals surface area contributed by atoms with Gasteiger partial charge in [0.25, 0.3) is 0 Å². The molecule has 0 spiro atoms. The third-order valence-corrected chi connectivity index (χ3v) is 3.49. The van der Waals surface area contributed by atoms with E-state index in [1.54, 1.807) is 0 Å². The van der Waals surface area contributed by atoms with Crippen molar-refractivity contribution in [2.24, 2.45) is 0 Å². The van der Waals surface area contributed by atoms with E-state index in [4.69, 9.17) is 0 Å². The van der Waals surface area contributed by atoms with Crippen molar-refractivity contribution in [3.8, 4) is 0 Å². The van der Waals surface area contributed by atoms with Gasteiger partial charge in [-0.2, -0.15) is 0 Å². The number of rotatable bonds is 3. The van der Waals surface area contributed by atoms with E-state index in [2.05, 4.69) is 26.7 Å². The maximum absolute atomic E-state index is 11.9. The van der Waals surface area contributed by atoms with Gasteiger partial charge in [-0.05, 0) is 44.0 Å². The van der Waals surface area contributed by atoms with Gasteiger partial charge in [-0.1, -0.05) is 6.07 Å². The van der Waals surface area contributed by atoms with Crippen LogP contribution in [0.2, 0.25) is 0 Å². The third-order valence-electron chi connectivity index (χ3n) is 3.49. The van der Waals surface area contributed by atoms with E-state index in [0.717, 1.165) is 36.2 Å². The molecular formula is C14H18N4O. The zero-order valence-corrected chi connectivity index (χ0v) is 11.0. The summed E-state index contributed by atoms with van der Waals surface area (Å²) < 4.78 is 0. The first-order valence-corrected chi connectivity index (χ1v) is 6.69. The number of hydrogen-bond donors (Lipinski definition) is 3. The Bertz CT molecular complexity index is 599. The number of aromatic nitrogens is 2. The topological polar surface area (TPSA) is 69.8 Å². The standard InChI is InChI=1S/C14H18N4O/c1-9-4-5-10-12(7-9)18-13(17-10)8-16-14(19)11-3-2-6-15-11/h4-5,7,11,15H,2-3,6,8H2,1H3,(H,16,19)(H,17,18). The van der Waals surface area contributed by atoms with Crippen LogP contribution in [0.15, 0.2) is 18.2 Å². The van der Waals surface area contributed by atoms with Crippen molar-refractivity contribution in [2.75, 3.05) is 6.54 Å². The van der Waals surface area contributed by atoms with E-state index in [1.165, 1.54) is 5.56 Å². The summed E-state index contributed by atoms with van der Waals surface area (Å²) in [4.78, 5) is 19.6. The van der Waals surface area contributed by atoms with E-state index in [1.807, 2.05) is 19.1 Å². The van der Waals surface area contributed by atoms with Crippen LogP contribution in [0.1, 0.15) is 24.2 Å². The summed E-state index contributed by atoms with van der Waals surface area (Å²) in [7, 11) is 0. The van der Waals surface area contributed by atoms with E-state index < -0.39 is 0 Å². The lowest BCUT2D eigenvalue weighted by Crippen LogP contribution is -2.40. The fourth-order valence-corrected chi connectivity index (χ4v) is 2.46. The van der Waals surface area contributed by atoms with Crippen LogP contribution in [0, 0.1) is 6.92 Å². The van der Waals surface area contributed by atoms with Crippen molar-refractivity contribution in [2.45, 2.75) is 32.4 Å². The molecule has 1 saturated heterocycles. The average molecular weight is 258 g/mol. The van der Waals surface area contributed by atoms with Gasteiger partial charge in [-0.3, -0.25) is 4.79 Å². The summed E-state index contributed by atoms with van der Waals surface area (Å²) >= 11 is 0. The average Bonchev–Trinajstić information content (AvgIpc) is 3.04. The number of fused-ring (bicyclic) bond motifs is 1. The Labute approximate surface area is 111 Å². The molecule has 1 aromatic heterocycles. The molecule has 1 atom stereocenters. The Morgan fingerprint density at radius 2 is 2.42 bits per heavy atom. The molecule has 3 rings (SSSR count). The van der Waals surface area contributed by atoms with Gasteiger partial charge in [0, 0.05) is 0 Å². The highest BCUT2D eigenvalue weighted by Gasteiger charge is 2.21. The van der Waals surface area contributed by atoms with Gasteiger partial charge in [-0.15, -0.1) is 0 Å². The fourth-order valence-electron chi connectivity index (χ4n) is 2.46. The number of hydrogen-bond acceptors (Lipinski definition) is 3. The molecule has 1 fully saturated rings. The minimum atomic E-state index is -0.0355. The molecule has 19 heavy (non-hydrogen) atoms. The SMILES string of the molecule is Cc1ccc2nc(CNC(=O)C3CCCN3)[nH]c2c1. The molecule has 5 nitrogen and oxygen atoms in total. The lowest BCUT2D eigenvalue weighted by Gasteiger charge is -2.09. The first-order chi connectivity index (χ1) is 9.22. The molecule has 1 aromatic carbocycles. The monoisotopic (exact) mass is 258 g/mol. The lowest BCUT2D eigenvalue weighted by molar-refractivity contribution is -0.122. The number of nitrogens with zero attached hydrogens (tertiary/aromatic N) is 1. The Kier molecular flexibility index (Phi) is 3.21. The van der Waals surface area contributed by atoms with Gasteiger partial charge in [0.15, 0.2) is 0 Å². The van der Waals surface area contributed by atoms with E-state index in [0.29, 0.717) is 6.54 Å². The van der Waals surface area contributed by atoms with Crippen molar-refractivity contribution >= 4 is 16.9 Å². The van der Waals surface area contributed by atoms with Crippen molar-refractivity contribution < 1.29 is 4.79 Å². The molecule has 1 aliphatic rings. The second kappa shape index (κ2) is 5.01. The van der Waals surface area contributed by atoms with Crippen LogP contribution < -0.4 is 10.6 Å². The second-order valence-corrected chi connectivity index (χ2v) is 5.07. The Hall–Kier alpha value is -1.88. The second-order valence-electron chi connectivity index (χ2n) is 5.07. The molecule has 0 radical (unpaired) electrons. The number of imidazole rings is 1. The van der Waals surface area contributed by atoms with Crippen molar-refractivity contribution in [1.29, 1.82) is 0 Å². The van der Waals surface area contributed by atoms with Crippen LogP contribution in [-0.2, 0) is 11.3 Å². The van der Waals surface area contributed by atoms with Gasteiger partial charge in [0.2, 0.25) is 5.91 Å². The zero-order chi connectivity index (χ0) is 13.2. The first kappa shape index (κ1) is 12.2. The number of carbonyl (C=O) groups is 1. The van der Waals surface area contributed by atoms with Gasteiger partial charge < -0.3 is 15.6 Å². The Morgan fingerprint density at radius 3 is 3.21 bits per heavy atom. The molecule has 1 unspecified atom stereocenters. The van der Waals surface area contributed by atoms with Crippen LogP contribution in [0.4, 0.5) is 0 Å². The van der Waals surface area contributed by atoms with E-state index >= 15 is 0 Å². The number of aromatic amines is 1. The molecule has 3 N–H and O–H groups in total. The molecule has 0 saturated carbocycles. The summed E-state index contributed by atoms with van der Waals surface area (Å²) in [6.07, 6.45) is 1.99. The normalized spacial score (nSPS) is 18.9. The quantitative estimate of drug-likeness (QED) is 0.775. The summed E-state index contributed by atoms with van der Waals surface area (Å²) in [6, 6.07) is 6.05. The van der Waals surface area contributed by atoms with Crippen LogP contribution in [0.25, 0.3) is 11.0 Å². The predicted octanol–water partition coefficient (Wildman–Crippen LogP) is 1.24. The minimum Gasteiger partial charge on any atom is -0.348 e. The highest BCUT2D eigenvalue weighted by Crippen LogP contribution is 2.13. The summed E-state index contributed by atoms with van der Waals surface area (Å²) in [5, 5.41) is 6.11. The number of carbonyl (C=O) groups excluding carboxylic acids is 1. The summed E-state index contributed by atoms with van der Waals surface area (Å²) in [6.45, 7) is 3.43. The fraction of sp³-hybridized carbons (Fsp3) is 0.429. The van der Waals surface area contributed by atoms with Crippen LogP contribution in [0.3, 0.4) is 0 Å². The maximum atomic E-state index is 11.9. The van der Waals surface area contributed by atoms with Gasteiger partial charge in [0.1, 0.15) is 5.82 Å². The molecular weight excluding hydrogens is 240 g/mol. The van der Waals surface area contributed by atoms with Gasteiger partial charge in [-0.25, -0.2) is 4.98 Å². The minimum absolute atomic E-state index is 0.0355. The van der Waals surface area contributed by atoms with Crippen LogP contribution in [-0.4, -0.2) is 28.5 Å². The van der Waals surface area contributed by atoms with Crippen molar-refractivity contribution in [3.63, 3.8) is 0 Å². The lowest BCUT2D eigenvalue weighted by atomic mass is 10.2. The van der Waals surface area contributed by atoms with Crippen LogP contribution >= 0.6 is 0 Å². The number of H-pyrrole nitrogens is 1. The number of benzene rings is 1. The summed E-state index contributed by atoms with van der Waals surface area (Å²) in [5.41, 5.74) is 3.15. The molecule has 2 heterocycles. The van der Waals surface area contributed by atoms with Gasteiger partial charge in [0.05, 0.1) is 23.6 Å². The van der Waals surface area contributed by atoms with E-state index in [9.17, 15) is 4.79 Å². The Balaban J connectivity index is 1.66. The molecule has 1 aliphatic heterocycles. The molecule has 5 heteroatoms. The number of aryl methyl sites for hydroxylation is 1. The molecule has 2 aromatic rings. The van der Waals surface area contributed by atoms with Crippen molar-refractivity contribution in [1.82, 2.24) is 20.6 Å². The molecule has 0 aliphatic carbocycles. The zero-order valence-electron chi connectivity index (χ0n) is 11.0. The summed E-state index contributed by atoms with van der Waals surface area (Å²) in [5.74, 6) is 0.862. The Morgan fingerprint density at radius 1 is 1.53 bits per heavy atom. The number of amides is 1. The van der Waals surface area contributed by atoms with Crippen LogP contribution in [0.5, 0.6) is 0 Å². The maximum Gasteiger partial charge on any atom is 0.237 e. The van der Waals surface area contributed by atoms with Gasteiger partial charge >= 0.3 is 0 Å².